The minimum absolute atomic E-state index is 0.855. The Labute approximate surface area is 263 Å². The second-order valence-electron chi connectivity index (χ2n) is 9.40. The number of hydrogen-bond donors (Lipinski definition) is 2. The molecule has 40 heavy (non-hydrogen) atoms. The summed E-state index contributed by atoms with van der Waals surface area (Å²) >= 11 is 15.1. The van der Waals surface area contributed by atoms with Crippen molar-refractivity contribution in [1.82, 2.24) is 19.9 Å². The van der Waals surface area contributed by atoms with E-state index in [9.17, 15) is 0 Å². The van der Waals surface area contributed by atoms with E-state index < -0.39 is 0 Å². The Balaban J connectivity index is 1.60. The number of nitrogens with zero attached hydrogens (tertiary/aromatic N) is 2. The van der Waals surface area contributed by atoms with Crippen molar-refractivity contribution < 1.29 is 0 Å². The minimum atomic E-state index is 0.855. The standard InChI is InChI=1S/C32H18Br4N4/c33-21-3-1-4-22(34)29(21)31-25-11-7-17(37-25)15-19-9-13-27(39-19)32(30-23(35)5-2-6-24(30)36)28-14-10-20(40-28)16-18-8-12-26(31)38-18/h1-16,37-38H. The smallest absolute Gasteiger partial charge is 0.0738 e. The topological polar surface area (TPSA) is 57.4 Å². The number of aromatic nitrogens is 4. The summed E-state index contributed by atoms with van der Waals surface area (Å²) in [4.78, 5) is 17.3. The molecule has 0 saturated carbocycles. The average molecular weight is 778 g/mol. The highest BCUT2D eigenvalue weighted by Crippen LogP contribution is 2.41. The summed E-state index contributed by atoms with van der Waals surface area (Å²) in [6.07, 6.45) is 8.19. The van der Waals surface area contributed by atoms with Crippen molar-refractivity contribution in [2.24, 2.45) is 0 Å². The molecule has 0 saturated heterocycles. The predicted octanol–water partition coefficient (Wildman–Crippen LogP) is 11.0. The lowest BCUT2D eigenvalue weighted by atomic mass is 10.0. The Morgan fingerprint density at radius 3 is 1.32 bits per heavy atom. The van der Waals surface area contributed by atoms with Crippen LogP contribution in [0.2, 0.25) is 0 Å². The van der Waals surface area contributed by atoms with Crippen LogP contribution in [0.25, 0.3) is 68.6 Å². The molecule has 2 aliphatic rings. The molecule has 8 bridgehead atoms. The van der Waals surface area contributed by atoms with Gasteiger partial charge in [0.25, 0.3) is 0 Å². The highest BCUT2D eigenvalue weighted by atomic mass is 79.9. The fourth-order valence-electron chi connectivity index (χ4n) is 5.07. The van der Waals surface area contributed by atoms with Crippen molar-refractivity contribution in [3.05, 3.63) is 113 Å². The maximum absolute atomic E-state index is 5.03. The van der Waals surface area contributed by atoms with Crippen LogP contribution in [0.4, 0.5) is 0 Å². The van der Waals surface area contributed by atoms with Crippen LogP contribution < -0.4 is 0 Å². The zero-order chi connectivity index (χ0) is 27.4. The lowest BCUT2D eigenvalue weighted by Crippen LogP contribution is -1.91. The molecule has 8 heteroatoms. The lowest BCUT2D eigenvalue weighted by Gasteiger charge is -2.10. The molecule has 0 atom stereocenters. The molecule has 194 valence electrons. The predicted molar refractivity (Wildman–Crippen MR) is 181 cm³/mol. The molecule has 0 amide bonds. The Hall–Kier alpha value is -3.04. The highest BCUT2D eigenvalue weighted by molar-refractivity contribution is 9.11. The van der Waals surface area contributed by atoms with Gasteiger partial charge in [-0.05, 0) is 85.0 Å². The van der Waals surface area contributed by atoms with Crippen molar-refractivity contribution in [2.75, 3.05) is 0 Å². The van der Waals surface area contributed by atoms with Crippen molar-refractivity contribution in [3.8, 4) is 22.3 Å². The normalized spacial score (nSPS) is 12.3. The molecular formula is C32H18Br4N4. The summed E-state index contributed by atoms with van der Waals surface area (Å²) in [5.41, 5.74) is 11.4. The van der Waals surface area contributed by atoms with Gasteiger partial charge in [-0.1, -0.05) is 75.9 Å². The number of aromatic amines is 2. The molecule has 0 spiro atoms. The highest BCUT2D eigenvalue weighted by Gasteiger charge is 2.19. The van der Waals surface area contributed by atoms with Crippen LogP contribution in [0.15, 0.2) is 90.7 Å². The molecule has 0 radical (unpaired) electrons. The van der Waals surface area contributed by atoms with Gasteiger partial charge in [0.1, 0.15) is 0 Å². The molecule has 2 aromatic carbocycles. The van der Waals surface area contributed by atoms with E-state index in [0.29, 0.717) is 0 Å². The number of benzene rings is 2. The fraction of sp³-hybridized carbons (Fsp3) is 0. The van der Waals surface area contributed by atoms with E-state index in [1.807, 2.05) is 36.4 Å². The summed E-state index contributed by atoms with van der Waals surface area (Å²) in [6, 6.07) is 24.7. The number of nitrogens with one attached hydrogen (secondary N) is 2. The first-order valence-electron chi connectivity index (χ1n) is 12.4. The van der Waals surface area contributed by atoms with Crippen molar-refractivity contribution in [1.29, 1.82) is 0 Å². The Kier molecular flexibility index (Phi) is 6.74. The summed E-state index contributed by atoms with van der Waals surface area (Å²) in [6.45, 7) is 0. The van der Waals surface area contributed by atoms with Gasteiger partial charge >= 0.3 is 0 Å². The molecule has 4 nitrogen and oxygen atoms in total. The van der Waals surface area contributed by atoms with E-state index in [1.54, 1.807) is 0 Å². The van der Waals surface area contributed by atoms with Crippen molar-refractivity contribution in [2.45, 2.75) is 0 Å². The number of rotatable bonds is 2. The van der Waals surface area contributed by atoms with Gasteiger partial charge in [0.05, 0.1) is 22.8 Å². The van der Waals surface area contributed by atoms with Gasteiger partial charge in [-0.25, -0.2) is 9.97 Å². The second-order valence-corrected chi connectivity index (χ2v) is 12.8. The van der Waals surface area contributed by atoms with Crippen LogP contribution in [-0.4, -0.2) is 19.9 Å². The quantitative estimate of drug-likeness (QED) is 0.184. The molecule has 0 aliphatic carbocycles. The molecule has 2 aliphatic heterocycles. The largest absolute Gasteiger partial charge is 0.355 e. The zero-order valence-electron chi connectivity index (χ0n) is 20.6. The van der Waals surface area contributed by atoms with Crippen molar-refractivity contribution in [3.63, 3.8) is 0 Å². The van der Waals surface area contributed by atoms with Crippen LogP contribution in [-0.2, 0) is 0 Å². The summed E-state index contributed by atoms with van der Waals surface area (Å²) in [5.74, 6) is 0. The minimum Gasteiger partial charge on any atom is -0.355 e. The van der Waals surface area contributed by atoms with E-state index in [0.717, 1.165) is 85.0 Å². The number of hydrogen-bond acceptors (Lipinski definition) is 2. The van der Waals surface area contributed by atoms with Gasteiger partial charge in [-0.15, -0.1) is 0 Å². The Morgan fingerprint density at radius 2 is 0.875 bits per heavy atom. The molecule has 7 rings (SSSR count). The van der Waals surface area contributed by atoms with Crippen molar-refractivity contribution >= 4 is 110 Å². The third-order valence-corrected chi connectivity index (χ3v) is 9.47. The van der Waals surface area contributed by atoms with E-state index in [1.165, 1.54) is 0 Å². The van der Waals surface area contributed by atoms with Gasteiger partial charge in [-0.3, -0.25) is 0 Å². The van der Waals surface area contributed by atoms with Crippen LogP contribution >= 0.6 is 63.7 Å². The first kappa shape index (κ1) is 25.9. The molecule has 2 N–H and O–H groups in total. The third-order valence-electron chi connectivity index (χ3n) is 6.82. The Morgan fingerprint density at radius 1 is 0.450 bits per heavy atom. The van der Waals surface area contributed by atoms with E-state index in [4.69, 9.17) is 9.97 Å². The van der Waals surface area contributed by atoms with Gasteiger partial charge in [0.15, 0.2) is 0 Å². The molecule has 5 heterocycles. The first-order valence-corrected chi connectivity index (χ1v) is 15.6. The number of H-pyrrole nitrogens is 2. The monoisotopic (exact) mass is 774 g/mol. The van der Waals surface area contributed by atoms with Crippen LogP contribution in [0.5, 0.6) is 0 Å². The second kappa shape index (κ2) is 10.4. The molecule has 0 fully saturated rings. The summed E-state index contributed by atoms with van der Waals surface area (Å²) < 4.78 is 3.94. The van der Waals surface area contributed by atoms with Gasteiger partial charge < -0.3 is 9.97 Å². The fourth-order valence-corrected chi connectivity index (χ4v) is 7.86. The summed E-state index contributed by atoms with van der Waals surface area (Å²) in [5, 5.41) is 0. The SMILES string of the molecule is Brc1cccc(Br)c1-c1c2nc(cc3ccc([nH]3)c(-c3c(Br)cccc3Br)c3ccc(cc4nc1C=C4)[nH]3)C=C2. The molecular weight excluding hydrogens is 760 g/mol. The average Bonchev–Trinajstić information content (AvgIpc) is 3.73. The van der Waals surface area contributed by atoms with E-state index in [-0.39, 0.29) is 0 Å². The molecule has 0 unspecified atom stereocenters. The molecule has 5 aromatic rings. The van der Waals surface area contributed by atoms with Gasteiger partial charge in [0, 0.05) is 62.2 Å². The maximum atomic E-state index is 5.03. The molecule has 3 aromatic heterocycles. The van der Waals surface area contributed by atoms with Crippen LogP contribution in [0.3, 0.4) is 0 Å². The van der Waals surface area contributed by atoms with Crippen LogP contribution in [0.1, 0.15) is 22.8 Å². The van der Waals surface area contributed by atoms with E-state index >= 15 is 0 Å². The Bertz CT molecular complexity index is 1930. The lowest BCUT2D eigenvalue weighted by molar-refractivity contribution is 1.27. The van der Waals surface area contributed by atoms with E-state index in [2.05, 4.69) is 134 Å². The maximum Gasteiger partial charge on any atom is 0.0738 e. The van der Waals surface area contributed by atoms with Crippen LogP contribution in [0, 0.1) is 0 Å². The number of fused-ring (bicyclic) bond motifs is 8. The number of halogens is 4. The zero-order valence-corrected chi connectivity index (χ0v) is 27.0. The van der Waals surface area contributed by atoms with Gasteiger partial charge in [-0.2, -0.15) is 0 Å². The first-order chi connectivity index (χ1) is 19.4. The van der Waals surface area contributed by atoms with Gasteiger partial charge in [0.2, 0.25) is 0 Å². The third kappa shape index (κ3) is 4.67. The summed E-state index contributed by atoms with van der Waals surface area (Å²) in [7, 11) is 0.